The highest BCUT2D eigenvalue weighted by atomic mass is 35.6. The molecule has 0 aliphatic heterocycles. The van der Waals surface area contributed by atoms with E-state index in [0.717, 1.165) is 0 Å². The molecule has 0 aliphatic rings. The van der Waals surface area contributed by atoms with Gasteiger partial charge in [0.2, 0.25) is 9.70 Å². The van der Waals surface area contributed by atoms with Gasteiger partial charge in [0, 0.05) is 23.3 Å². The fraction of sp³-hybridized carbons (Fsp3) is 0.211. The molecule has 2 rings (SSSR count). The molecule has 0 fully saturated rings. The fourth-order valence-electron chi connectivity index (χ4n) is 2.28. The molecule has 2 aromatic carbocycles. The van der Waals surface area contributed by atoms with E-state index >= 15 is 0 Å². The lowest BCUT2D eigenvalue weighted by molar-refractivity contribution is -0.123. The SMILES string of the molecule is CC(=O)Nc1ccc(NC(=S)NC(NC(=O)COc2ccc(Cl)cc2Cl)C(Cl)(Cl)Cl)cc1. The van der Waals surface area contributed by atoms with Gasteiger partial charge in [0.15, 0.2) is 11.7 Å². The zero-order valence-electron chi connectivity index (χ0n) is 16.3. The van der Waals surface area contributed by atoms with Crippen LogP contribution in [0.25, 0.3) is 0 Å². The summed E-state index contributed by atoms with van der Waals surface area (Å²) in [5, 5.41) is 11.5. The third-order valence-electron chi connectivity index (χ3n) is 3.62. The zero-order valence-corrected chi connectivity index (χ0v) is 20.9. The van der Waals surface area contributed by atoms with E-state index in [2.05, 4.69) is 21.3 Å². The number of rotatable bonds is 7. The summed E-state index contributed by atoms with van der Waals surface area (Å²) < 4.78 is 3.43. The average molecular weight is 559 g/mol. The minimum atomic E-state index is -1.94. The molecule has 1 atom stereocenters. The zero-order chi connectivity index (χ0) is 23.9. The molecule has 0 heterocycles. The van der Waals surface area contributed by atoms with Crippen molar-refractivity contribution < 1.29 is 14.3 Å². The summed E-state index contributed by atoms with van der Waals surface area (Å²) in [6.45, 7) is 1.01. The van der Waals surface area contributed by atoms with E-state index in [9.17, 15) is 9.59 Å². The maximum atomic E-state index is 12.3. The number of carbonyl (C=O) groups is 2. The monoisotopic (exact) mass is 556 g/mol. The molecule has 2 aromatic rings. The summed E-state index contributed by atoms with van der Waals surface area (Å²) in [6.07, 6.45) is -1.18. The summed E-state index contributed by atoms with van der Waals surface area (Å²) in [5.41, 5.74) is 1.22. The van der Waals surface area contributed by atoms with Crippen LogP contribution < -0.4 is 26.0 Å². The van der Waals surface area contributed by atoms with Crippen molar-refractivity contribution in [2.45, 2.75) is 16.9 Å². The second-order valence-electron chi connectivity index (χ2n) is 6.26. The van der Waals surface area contributed by atoms with E-state index in [0.29, 0.717) is 16.4 Å². The van der Waals surface area contributed by atoms with Gasteiger partial charge < -0.3 is 26.0 Å². The summed E-state index contributed by atoms with van der Waals surface area (Å²) in [6, 6.07) is 11.3. The Morgan fingerprint density at radius 3 is 2.12 bits per heavy atom. The van der Waals surface area contributed by atoms with Crippen LogP contribution in [-0.4, -0.2) is 33.5 Å². The maximum Gasteiger partial charge on any atom is 0.259 e. The lowest BCUT2D eigenvalue weighted by atomic mass is 10.3. The lowest BCUT2D eigenvalue weighted by Crippen LogP contribution is -2.56. The van der Waals surface area contributed by atoms with Crippen molar-refractivity contribution in [1.29, 1.82) is 0 Å². The third kappa shape index (κ3) is 9.05. The summed E-state index contributed by atoms with van der Waals surface area (Å²) in [7, 11) is 0. The first-order valence-electron chi connectivity index (χ1n) is 8.83. The molecule has 0 spiro atoms. The highest BCUT2D eigenvalue weighted by Crippen LogP contribution is 2.30. The molecule has 0 aromatic heterocycles. The first-order chi connectivity index (χ1) is 14.9. The molecule has 32 heavy (non-hydrogen) atoms. The van der Waals surface area contributed by atoms with Crippen LogP contribution in [0.5, 0.6) is 5.75 Å². The Kier molecular flexibility index (Phi) is 9.94. The second kappa shape index (κ2) is 12.0. The molecule has 0 saturated carbocycles. The largest absolute Gasteiger partial charge is 0.482 e. The van der Waals surface area contributed by atoms with Crippen LogP contribution in [0, 0.1) is 0 Å². The van der Waals surface area contributed by atoms with Gasteiger partial charge in [0.05, 0.1) is 5.02 Å². The van der Waals surface area contributed by atoms with Crippen molar-refractivity contribution in [2.75, 3.05) is 17.2 Å². The molecule has 4 N–H and O–H groups in total. The minimum absolute atomic E-state index is 0.0792. The number of thiocarbonyl (C=S) groups is 1. The lowest BCUT2D eigenvalue weighted by Gasteiger charge is -2.27. The fourth-order valence-corrected chi connectivity index (χ4v) is 3.30. The van der Waals surface area contributed by atoms with E-state index in [1.807, 2.05) is 0 Å². The number of amides is 2. The van der Waals surface area contributed by atoms with Crippen LogP contribution in [0.4, 0.5) is 11.4 Å². The van der Waals surface area contributed by atoms with E-state index in [1.165, 1.54) is 19.1 Å². The summed E-state index contributed by atoms with van der Waals surface area (Å²) in [5.74, 6) is -0.515. The highest BCUT2D eigenvalue weighted by Gasteiger charge is 2.34. The predicted molar refractivity (Wildman–Crippen MR) is 134 cm³/mol. The van der Waals surface area contributed by atoms with Crippen molar-refractivity contribution in [2.24, 2.45) is 0 Å². The molecule has 2 amide bonds. The first-order valence-corrected chi connectivity index (χ1v) is 11.1. The van der Waals surface area contributed by atoms with Gasteiger partial charge >= 0.3 is 0 Å². The number of nitrogens with one attached hydrogen (secondary N) is 4. The Labute approximate surface area is 215 Å². The molecule has 0 radical (unpaired) electrons. The highest BCUT2D eigenvalue weighted by molar-refractivity contribution is 7.80. The van der Waals surface area contributed by atoms with E-state index in [1.54, 1.807) is 30.3 Å². The van der Waals surface area contributed by atoms with Crippen LogP contribution in [0.1, 0.15) is 6.92 Å². The van der Waals surface area contributed by atoms with Gasteiger partial charge in [-0.3, -0.25) is 9.59 Å². The first kappa shape index (κ1) is 26.6. The van der Waals surface area contributed by atoms with Gasteiger partial charge in [-0.05, 0) is 54.7 Å². The Morgan fingerprint density at radius 1 is 1.00 bits per heavy atom. The van der Waals surface area contributed by atoms with Gasteiger partial charge in [-0.25, -0.2) is 0 Å². The molecule has 172 valence electrons. The molecular weight excluding hydrogens is 542 g/mol. The van der Waals surface area contributed by atoms with Crippen molar-refractivity contribution in [1.82, 2.24) is 10.6 Å². The Bertz CT molecular complexity index is 986. The van der Waals surface area contributed by atoms with Crippen LogP contribution >= 0.6 is 70.2 Å². The topological polar surface area (TPSA) is 91.5 Å². The number of halogens is 5. The molecule has 13 heteroatoms. The minimum Gasteiger partial charge on any atom is -0.482 e. The maximum absolute atomic E-state index is 12.3. The van der Waals surface area contributed by atoms with Crippen LogP contribution in [0.3, 0.4) is 0 Å². The smallest absolute Gasteiger partial charge is 0.259 e. The molecule has 1 unspecified atom stereocenters. The van der Waals surface area contributed by atoms with Crippen molar-refractivity contribution >= 4 is 98.5 Å². The predicted octanol–water partition coefficient (Wildman–Crippen LogP) is 5.13. The molecule has 7 nitrogen and oxygen atoms in total. The van der Waals surface area contributed by atoms with Crippen molar-refractivity contribution in [3.8, 4) is 5.75 Å². The number of benzene rings is 2. The third-order valence-corrected chi connectivity index (χ3v) is 5.03. The Balaban J connectivity index is 1.93. The number of carbonyl (C=O) groups excluding carboxylic acids is 2. The second-order valence-corrected chi connectivity index (χ2v) is 9.88. The van der Waals surface area contributed by atoms with Gasteiger partial charge in [0.25, 0.3) is 5.91 Å². The van der Waals surface area contributed by atoms with Gasteiger partial charge in [-0.1, -0.05) is 58.0 Å². The van der Waals surface area contributed by atoms with Crippen LogP contribution in [0.15, 0.2) is 42.5 Å². The van der Waals surface area contributed by atoms with Gasteiger partial charge in [-0.2, -0.15) is 0 Å². The summed E-state index contributed by atoms with van der Waals surface area (Å²) in [4.78, 5) is 23.4. The number of anilines is 2. The quantitative estimate of drug-likeness (QED) is 0.214. The van der Waals surface area contributed by atoms with Gasteiger partial charge in [0.1, 0.15) is 11.9 Å². The van der Waals surface area contributed by atoms with E-state index in [4.69, 9.17) is 75.0 Å². The van der Waals surface area contributed by atoms with Crippen molar-refractivity contribution in [3.63, 3.8) is 0 Å². The molecule has 0 saturated heterocycles. The Hall–Kier alpha value is -1.68. The molecular formula is C19H17Cl5N4O3S. The van der Waals surface area contributed by atoms with Crippen molar-refractivity contribution in [3.05, 3.63) is 52.5 Å². The van der Waals surface area contributed by atoms with Crippen LogP contribution in [-0.2, 0) is 9.59 Å². The normalized spacial score (nSPS) is 11.8. The average Bonchev–Trinajstić information content (AvgIpc) is 2.67. The summed E-state index contributed by atoms with van der Waals surface area (Å²) >= 11 is 35.0. The molecule has 0 bridgehead atoms. The number of alkyl halides is 3. The van der Waals surface area contributed by atoms with Crippen LogP contribution in [0.2, 0.25) is 10.0 Å². The standard InChI is InChI=1S/C19H17Cl5N4O3S/c1-10(29)25-12-3-5-13(6-4-12)26-18(32)28-17(19(22,23)24)27-16(30)9-31-15-7-2-11(20)8-14(15)21/h2-8,17H,9H2,1H3,(H,25,29)(H,27,30)(H2,26,28,32). The molecule has 0 aliphatic carbocycles. The number of hydrogen-bond acceptors (Lipinski definition) is 4. The number of ether oxygens (including phenoxy) is 1. The van der Waals surface area contributed by atoms with E-state index in [-0.39, 0.29) is 21.8 Å². The van der Waals surface area contributed by atoms with E-state index < -0.39 is 22.5 Å². The van der Waals surface area contributed by atoms with Gasteiger partial charge in [-0.15, -0.1) is 0 Å². The Morgan fingerprint density at radius 2 is 1.59 bits per heavy atom. The number of hydrogen-bond donors (Lipinski definition) is 4.